The summed E-state index contributed by atoms with van der Waals surface area (Å²) in [6.45, 7) is 1.20. The summed E-state index contributed by atoms with van der Waals surface area (Å²) in [6, 6.07) is 13.4. The highest BCUT2D eigenvalue weighted by molar-refractivity contribution is 9.10. The van der Waals surface area contributed by atoms with Crippen LogP contribution in [0.3, 0.4) is 0 Å². The Labute approximate surface area is 149 Å². The molecule has 0 aromatic heterocycles. The summed E-state index contributed by atoms with van der Waals surface area (Å²) in [5.41, 5.74) is 1.10. The van der Waals surface area contributed by atoms with Crippen LogP contribution < -0.4 is 19.5 Å². The Morgan fingerprint density at radius 2 is 2.04 bits per heavy atom. The number of amides is 1. The minimum Gasteiger partial charge on any atom is -0.493 e. The Hall–Kier alpha value is -2.21. The van der Waals surface area contributed by atoms with Crippen molar-refractivity contribution in [3.05, 3.63) is 52.5 Å². The van der Waals surface area contributed by atoms with Crippen LogP contribution in [-0.4, -0.2) is 25.9 Å². The Bertz CT molecular complexity index is 720. The van der Waals surface area contributed by atoms with Gasteiger partial charge in [-0.05, 0) is 42.3 Å². The minimum absolute atomic E-state index is 0.0225. The zero-order valence-electron chi connectivity index (χ0n) is 13.1. The van der Waals surface area contributed by atoms with Gasteiger partial charge in [0, 0.05) is 11.0 Å². The van der Waals surface area contributed by atoms with E-state index in [2.05, 4.69) is 21.2 Å². The summed E-state index contributed by atoms with van der Waals surface area (Å²) >= 11 is 3.38. The molecule has 1 heterocycles. The summed E-state index contributed by atoms with van der Waals surface area (Å²) in [6.07, 6.45) is 1.07. The van der Waals surface area contributed by atoms with Crippen LogP contribution in [-0.2, 0) is 11.2 Å². The molecule has 6 heteroatoms. The van der Waals surface area contributed by atoms with Crippen molar-refractivity contribution in [3.8, 4) is 17.2 Å². The number of hydrogen-bond acceptors (Lipinski definition) is 4. The summed E-state index contributed by atoms with van der Waals surface area (Å²) in [7, 11) is 0. The lowest BCUT2D eigenvalue weighted by atomic mass is 10.1. The van der Waals surface area contributed by atoms with Gasteiger partial charge in [-0.3, -0.25) is 4.79 Å². The van der Waals surface area contributed by atoms with Crippen molar-refractivity contribution in [2.45, 2.75) is 12.8 Å². The summed E-state index contributed by atoms with van der Waals surface area (Å²) in [5, 5.41) is 2.90. The second kappa shape index (κ2) is 8.06. The van der Waals surface area contributed by atoms with Gasteiger partial charge < -0.3 is 19.5 Å². The van der Waals surface area contributed by atoms with E-state index in [0.29, 0.717) is 19.6 Å². The highest BCUT2D eigenvalue weighted by atomic mass is 79.9. The molecule has 0 spiro atoms. The van der Waals surface area contributed by atoms with Gasteiger partial charge in [0.05, 0.1) is 13.0 Å². The lowest BCUT2D eigenvalue weighted by Crippen LogP contribution is -2.27. The van der Waals surface area contributed by atoms with Gasteiger partial charge in [0.25, 0.3) is 0 Å². The van der Waals surface area contributed by atoms with Crippen molar-refractivity contribution in [1.29, 1.82) is 0 Å². The normalized spacial score (nSPS) is 12.0. The third-order valence-corrected chi connectivity index (χ3v) is 4.06. The summed E-state index contributed by atoms with van der Waals surface area (Å²) < 4.78 is 17.1. The smallest absolute Gasteiger partial charge is 0.231 e. The second-order valence-corrected chi connectivity index (χ2v) is 6.26. The molecule has 0 bridgehead atoms. The van der Waals surface area contributed by atoms with Crippen LogP contribution in [0.4, 0.5) is 0 Å². The van der Waals surface area contributed by atoms with Gasteiger partial charge in [-0.15, -0.1) is 0 Å². The summed E-state index contributed by atoms with van der Waals surface area (Å²) in [5.74, 6) is 2.26. The van der Waals surface area contributed by atoms with Crippen LogP contribution >= 0.6 is 15.9 Å². The fourth-order valence-corrected chi connectivity index (χ4v) is 2.73. The number of ether oxygens (including phenoxy) is 3. The third-order valence-electron chi connectivity index (χ3n) is 3.57. The fraction of sp³-hybridized carbons (Fsp3) is 0.278. The first-order chi connectivity index (χ1) is 11.7. The van der Waals surface area contributed by atoms with Gasteiger partial charge in [-0.25, -0.2) is 0 Å². The maximum Gasteiger partial charge on any atom is 0.231 e. The first-order valence-corrected chi connectivity index (χ1v) is 8.53. The topological polar surface area (TPSA) is 56.8 Å². The second-order valence-electron chi connectivity index (χ2n) is 5.34. The van der Waals surface area contributed by atoms with Gasteiger partial charge in [-0.2, -0.15) is 0 Å². The lowest BCUT2D eigenvalue weighted by Gasteiger charge is -2.08. The molecule has 0 saturated carbocycles. The highest BCUT2D eigenvalue weighted by Crippen LogP contribution is 2.32. The van der Waals surface area contributed by atoms with E-state index in [9.17, 15) is 4.79 Å². The number of fused-ring (bicyclic) bond motifs is 1. The van der Waals surface area contributed by atoms with Crippen LogP contribution in [0, 0.1) is 0 Å². The number of nitrogens with one attached hydrogen (secondary N) is 1. The first-order valence-electron chi connectivity index (χ1n) is 7.74. The quantitative estimate of drug-likeness (QED) is 0.786. The maximum atomic E-state index is 11.8. The Morgan fingerprint density at radius 3 is 2.92 bits per heavy atom. The standard InChI is InChI=1S/C18H18BrNO4/c19-14-2-1-3-15(11-14)22-9-7-18(21)20-8-6-13-4-5-16-17(10-13)24-12-23-16/h1-5,10-11H,6-9,12H2,(H,20,21). The van der Waals surface area contributed by atoms with E-state index in [0.717, 1.165) is 33.7 Å². The zero-order chi connectivity index (χ0) is 16.8. The van der Waals surface area contributed by atoms with E-state index in [1.165, 1.54) is 0 Å². The van der Waals surface area contributed by atoms with Gasteiger partial charge in [0.15, 0.2) is 11.5 Å². The van der Waals surface area contributed by atoms with E-state index in [1.807, 2.05) is 42.5 Å². The SMILES string of the molecule is O=C(CCOc1cccc(Br)c1)NCCc1ccc2c(c1)OCO2. The molecule has 0 unspecified atom stereocenters. The minimum atomic E-state index is -0.0225. The number of hydrogen-bond donors (Lipinski definition) is 1. The monoisotopic (exact) mass is 391 g/mol. The molecule has 0 radical (unpaired) electrons. The zero-order valence-corrected chi connectivity index (χ0v) is 14.7. The number of halogens is 1. The van der Waals surface area contributed by atoms with Crippen LogP contribution in [0.25, 0.3) is 0 Å². The molecule has 1 aliphatic rings. The van der Waals surface area contributed by atoms with Gasteiger partial charge >= 0.3 is 0 Å². The van der Waals surface area contributed by atoms with E-state index in [-0.39, 0.29) is 12.7 Å². The molecule has 1 amide bonds. The van der Waals surface area contributed by atoms with Gasteiger partial charge in [0.1, 0.15) is 5.75 Å². The van der Waals surface area contributed by atoms with Crippen molar-refractivity contribution in [3.63, 3.8) is 0 Å². The molecule has 0 saturated heterocycles. The highest BCUT2D eigenvalue weighted by Gasteiger charge is 2.13. The number of rotatable bonds is 7. The maximum absolute atomic E-state index is 11.8. The lowest BCUT2D eigenvalue weighted by molar-refractivity contribution is -0.121. The molecule has 1 N–H and O–H groups in total. The van der Waals surface area contributed by atoms with Crippen molar-refractivity contribution < 1.29 is 19.0 Å². The number of benzene rings is 2. The first kappa shape index (κ1) is 16.6. The fourth-order valence-electron chi connectivity index (χ4n) is 2.35. The van der Waals surface area contributed by atoms with Crippen LogP contribution in [0.15, 0.2) is 46.9 Å². The van der Waals surface area contributed by atoms with Gasteiger partial charge in [0.2, 0.25) is 12.7 Å². The largest absolute Gasteiger partial charge is 0.493 e. The number of carbonyl (C=O) groups is 1. The predicted octanol–water partition coefficient (Wildman–Crippen LogP) is 3.31. The molecule has 2 aromatic rings. The van der Waals surface area contributed by atoms with Crippen LogP contribution in [0.5, 0.6) is 17.2 Å². The van der Waals surface area contributed by atoms with Crippen LogP contribution in [0.1, 0.15) is 12.0 Å². The van der Waals surface area contributed by atoms with Crippen molar-refractivity contribution in [2.24, 2.45) is 0 Å². The molecule has 2 aromatic carbocycles. The Morgan fingerprint density at radius 1 is 1.17 bits per heavy atom. The van der Waals surface area contributed by atoms with Crippen LogP contribution in [0.2, 0.25) is 0 Å². The van der Waals surface area contributed by atoms with E-state index in [1.54, 1.807) is 0 Å². The molecule has 0 aliphatic carbocycles. The Kier molecular flexibility index (Phi) is 5.59. The van der Waals surface area contributed by atoms with Crippen molar-refractivity contribution in [2.75, 3.05) is 19.9 Å². The van der Waals surface area contributed by atoms with E-state index >= 15 is 0 Å². The molecule has 1 aliphatic heterocycles. The third kappa shape index (κ3) is 4.64. The summed E-state index contributed by atoms with van der Waals surface area (Å²) in [4.78, 5) is 11.8. The predicted molar refractivity (Wildman–Crippen MR) is 93.5 cm³/mol. The average Bonchev–Trinajstić information content (AvgIpc) is 3.03. The van der Waals surface area contributed by atoms with Crippen molar-refractivity contribution in [1.82, 2.24) is 5.32 Å². The molecule has 0 fully saturated rings. The molecule has 5 nitrogen and oxygen atoms in total. The Balaban J connectivity index is 1.35. The van der Waals surface area contributed by atoms with Gasteiger partial charge in [-0.1, -0.05) is 28.1 Å². The number of carbonyl (C=O) groups excluding carboxylic acids is 1. The molecule has 126 valence electrons. The molecular weight excluding hydrogens is 374 g/mol. The van der Waals surface area contributed by atoms with Crippen molar-refractivity contribution >= 4 is 21.8 Å². The van der Waals surface area contributed by atoms with E-state index in [4.69, 9.17) is 14.2 Å². The molecule has 0 atom stereocenters. The van der Waals surface area contributed by atoms with E-state index < -0.39 is 0 Å². The molecule has 24 heavy (non-hydrogen) atoms. The molecular formula is C18H18BrNO4. The average molecular weight is 392 g/mol. The molecule has 3 rings (SSSR count).